The van der Waals surface area contributed by atoms with Crippen molar-refractivity contribution in [3.05, 3.63) is 41.4 Å². The van der Waals surface area contributed by atoms with Gasteiger partial charge in [0.25, 0.3) is 0 Å². The number of carbonyl (C=O) groups is 1. The van der Waals surface area contributed by atoms with E-state index >= 15 is 0 Å². The van der Waals surface area contributed by atoms with E-state index in [0.717, 1.165) is 69.9 Å². The Bertz CT molecular complexity index is 779. The molecule has 28 heavy (non-hydrogen) atoms. The van der Waals surface area contributed by atoms with Crippen LogP contribution in [0, 0.1) is 5.92 Å². The molecule has 152 valence electrons. The quantitative estimate of drug-likeness (QED) is 0.812. The first-order valence-corrected chi connectivity index (χ1v) is 9.94. The second-order valence-electron chi connectivity index (χ2n) is 7.26. The maximum absolute atomic E-state index is 12.9. The maximum atomic E-state index is 12.9. The van der Waals surface area contributed by atoms with Crippen LogP contribution in [-0.2, 0) is 11.3 Å². The number of benzene rings is 1. The number of amides is 1. The van der Waals surface area contributed by atoms with Gasteiger partial charge in [-0.2, -0.15) is 5.10 Å². The summed E-state index contributed by atoms with van der Waals surface area (Å²) in [7, 11) is 0. The van der Waals surface area contributed by atoms with Crippen LogP contribution in [0.3, 0.4) is 0 Å². The molecule has 0 saturated carbocycles. The van der Waals surface area contributed by atoms with Gasteiger partial charge in [0.15, 0.2) is 0 Å². The van der Waals surface area contributed by atoms with E-state index in [1.54, 1.807) is 11.0 Å². The van der Waals surface area contributed by atoms with E-state index in [1.165, 1.54) is 6.33 Å². The Morgan fingerprint density at radius 2 is 2.07 bits per heavy atom. The van der Waals surface area contributed by atoms with Crippen molar-refractivity contribution >= 4 is 29.9 Å². The Morgan fingerprint density at radius 3 is 2.82 bits per heavy atom. The van der Waals surface area contributed by atoms with E-state index in [0.29, 0.717) is 10.9 Å². The van der Waals surface area contributed by atoms with Gasteiger partial charge in [-0.15, -0.1) is 12.4 Å². The van der Waals surface area contributed by atoms with E-state index in [9.17, 15) is 4.79 Å². The number of halogens is 2. The zero-order valence-corrected chi connectivity index (χ0v) is 17.3. The summed E-state index contributed by atoms with van der Waals surface area (Å²) in [5, 5.41) is 8.23. The van der Waals surface area contributed by atoms with Crippen LogP contribution in [-0.4, -0.2) is 69.7 Å². The number of likely N-dealkylation sites (tertiary alicyclic amines) is 1. The molecule has 0 bridgehead atoms. The predicted octanol–water partition coefficient (Wildman–Crippen LogP) is 1.99. The third-order valence-electron chi connectivity index (χ3n) is 5.39. The summed E-state index contributed by atoms with van der Waals surface area (Å²) in [6.45, 7) is 6.03. The normalized spacial score (nSPS) is 20.6. The monoisotopic (exact) mass is 424 g/mol. The van der Waals surface area contributed by atoms with Gasteiger partial charge in [0.2, 0.25) is 5.91 Å². The fraction of sp³-hybridized carbons (Fsp3) is 0.526. The molecule has 1 aromatic heterocycles. The van der Waals surface area contributed by atoms with Crippen LogP contribution in [0.25, 0.3) is 5.69 Å². The number of piperidine rings is 1. The summed E-state index contributed by atoms with van der Waals surface area (Å²) in [6.07, 6.45) is 5.24. The number of nitrogens with zero attached hydrogens (tertiary/aromatic N) is 5. The van der Waals surface area contributed by atoms with Crippen LogP contribution < -0.4 is 5.32 Å². The van der Waals surface area contributed by atoms with E-state index in [4.69, 9.17) is 11.6 Å². The molecule has 0 radical (unpaired) electrons. The number of aromatic nitrogens is 3. The Hall–Kier alpha value is -1.67. The molecule has 7 nitrogen and oxygen atoms in total. The molecule has 1 aromatic carbocycles. The average Bonchev–Trinajstić information content (AvgIpc) is 3.24. The van der Waals surface area contributed by atoms with Crippen molar-refractivity contribution in [1.82, 2.24) is 29.9 Å². The highest BCUT2D eigenvalue weighted by atomic mass is 35.5. The van der Waals surface area contributed by atoms with E-state index < -0.39 is 0 Å². The molecule has 1 amide bonds. The molecule has 2 aliphatic heterocycles. The summed E-state index contributed by atoms with van der Waals surface area (Å²) >= 11 is 6.20. The van der Waals surface area contributed by atoms with Gasteiger partial charge in [0.05, 0.1) is 11.6 Å². The highest BCUT2D eigenvalue weighted by molar-refractivity contribution is 6.30. The first-order chi connectivity index (χ1) is 13.2. The number of nitrogens with one attached hydrogen (secondary N) is 1. The lowest BCUT2D eigenvalue weighted by atomic mass is 9.95. The molecule has 3 heterocycles. The SMILES string of the molecule is Cl.O=C(C1CCCN(Cc2ccc(Cl)cc2-n2cncn2)C1)N1CCNCC1. The Balaban J connectivity index is 0.00000225. The van der Waals surface area contributed by atoms with Gasteiger partial charge < -0.3 is 10.2 Å². The van der Waals surface area contributed by atoms with Gasteiger partial charge in [-0.05, 0) is 37.1 Å². The molecule has 0 aliphatic carbocycles. The summed E-state index contributed by atoms with van der Waals surface area (Å²) < 4.78 is 1.74. The molecule has 2 saturated heterocycles. The van der Waals surface area contributed by atoms with Crippen molar-refractivity contribution in [3.8, 4) is 5.69 Å². The number of rotatable bonds is 4. The smallest absolute Gasteiger partial charge is 0.227 e. The zero-order chi connectivity index (χ0) is 18.6. The molecule has 2 aromatic rings. The minimum atomic E-state index is 0. The average molecular weight is 425 g/mol. The van der Waals surface area contributed by atoms with Crippen LogP contribution in [0.4, 0.5) is 0 Å². The third kappa shape index (κ3) is 4.84. The third-order valence-corrected chi connectivity index (χ3v) is 5.63. The molecular formula is C19H26Cl2N6O. The van der Waals surface area contributed by atoms with Gasteiger partial charge in [-0.1, -0.05) is 17.7 Å². The first kappa shape index (κ1) is 21.0. The van der Waals surface area contributed by atoms with Crippen molar-refractivity contribution in [2.75, 3.05) is 39.3 Å². The zero-order valence-electron chi connectivity index (χ0n) is 15.8. The molecule has 4 rings (SSSR count). The topological polar surface area (TPSA) is 66.3 Å². The van der Waals surface area contributed by atoms with Crippen LogP contribution in [0.2, 0.25) is 5.02 Å². The van der Waals surface area contributed by atoms with E-state index in [-0.39, 0.29) is 18.3 Å². The van der Waals surface area contributed by atoms with Gasteiger partial charge in [-0.3, -0.25) is 9.69 Å². The van der Waals surface area contributed by atoms with Gasteiger partial charge in [0.1, 0.15) is 12.7 Å². The van der Waals surface area contributed by atoms with Crippen molar-refractivity contribution in [3.63, 3.8) is 0 Å². The lowest BCUT2D eigenvalue weighted by molar-refractivity contribution is -0.138. The summed E-state index contributed by atoms with van der Waals surface area (Å²) in [5.74, 6) is 0.410. The molecule has 9 heteroatoms. The first-order valence-electron chi connectivity index (χ1n) is 9.56. The highest BCUT2D eigenvalue weighted by Crippen LogP contribution is 2.25. The largest absolute Gasteiger partial charge is 0.340 e. The van der Waals surface area contributed by atoms with E-state index in [1.807, 2.05) is 23.1 Å². The molecular weight excluding hydrogens is 399 g/mol. The van der Waals surface area contributed by atoms with Gasteiger partial charge >= 0.3 is 0 Å². The van der Waals surface area contributed by atoms with Crippen molar-refractivity contribution in [1.29, 1.82) is 0 Å². The number of hydrogen-bond donors (Lipinski definition) is 1. The van der Waals surface area contributed by atoms with Crippen molar-refractivity contribution < 1.29 is 4.79 Å². The second-order valence-corrected chi connectivity index (χ2v) is 7.70. The van der Waals surface area contributed by atoms with Crippen molar-refractivity contribution in [2.45, 2.75) is 19.4 Å². The minimum absolute atomic E-state index is 0. The Morgan fingerprint density at radius 1 is 1.25 bits per heavy atom. The summed E-state index contributed by atoms with van der Waals surface area (Å²) in [4.78, 5) is 21.3. The standard InChI is InChI=1S/C19H25ClN6O.ClH/c20-17-4-3-15(18(10-17)26-14-22-13-23-26)11-24-7-1-2-16(12-24)19(27)25-8-5-21-6-9-25;/h3-4,10,13-14,16,21H,1-2,5-9,11-12H2;1H. The highest BCUT2D eigenvalue weighted by Gasteiger charge is 2.30. The molecule has 2 aliphatic rings. The minimum Gasteiger partial charge on any atom is -0.340 e. The lowest BCUT2D eigenvalue weighted by Crippen LogP contribution is -2.51. The Labute approximate surface area is 176 Å². The molecule has 1 unspecified atom stereocenters. The van der Waals surface area contributed by atoms with Crippen LogP contribution in [0.5, 0.6) is 0 Å². The van der Waals surface area contributed by atoms with Crippen LogP contribution in [0.1, 0.15) is 18.4 Å². The fourth-order valence-corrected chi connectivity index (χ4v) is 4.17. The summed E-state index contributed by atoms with van der Waals surface area (Å²) in [6, 6.07) is 5.87. The summed E-state index contributed by atoms with van der Waals surface area (Å²) in [5.41, 5.74) is 2.08. The number of piperazine rings is 1. The lowest BCUT2D eigenvalue weighted by Gasteiger charge is -2.36. The van der Waals surface area contributed by atoms with Crippen LogP contribution in [0.15, 0.2) is 30.9 Å². The van der Waals surface area contributed by atoms with Crippen molar-refractivity contribution in [2.24, 2.45) is 5.92 Å². The molecule has 0 spiro atoms. The van der Waals surface area contributed by atoms with E-state index in [2.05, 4.69) is 20.3 Å². The second kappa shape index (κ2) is 9.69. The van der Waals surface area contributed by atoms with Crippen LogP contribution >= 0.6 is 24.0 Å². The predicted molar refractivity (Wildman–Crippen MR) is 111 cm³/mol. The number of carbonyl (C=O) groups excluding carboxylic acids is 1. The molecule has 2 fully saturated rings. The molecule has 1 atom stereocenters. The van der Waals surface area contributed by atoms with Gasteiger partial charge in [-0.25, -0.2) is 9.67 Å². The number of hydrogen-bond acceptors (Lipinski definition) is 5. The maximum Gasteiger partial charge on any atom is 0.227 e. The Kier molecular flexibility index (Phi) is 7.29. The van der Waals surface area contributed by atoms with Gasteiger partial charge in [0, 0.05) is 44.3 Å². The fourth-order valence-electron chi connectivity index (χ4n) is 4.00. The molecule has 1 N–H and O–H groups in total.